The second-order valence-electron chi connectivity index (χ2n) is 2.61. The van der Waals surface area contributed by atoms with Gasteiger partial charge in [0.2, 0.25) is 11.9 Å². The topological polar surface area (TPSA) is 92.9 Å². The van der Waals surface area contributed by atoms with Gasteiger partial charge in [0, 0.05) is 12.7 Å². The molecule has 6 nitrogen and oxygen atoms in total. The zero-order chi connectivity index (χ0) is 10.4. The van der Waals surface area contributed by atoms with Gasteiger partial charge in [0.15, 0.2) is 0 Å². The lowest BCUT2D eigenvalue weighted by atomic mass is 10.5. The van der Waals surface area contributed by atoms with Gasteiger partial charge in [-0.05, 0) is 13.0 Å². The van der Waals surface area contributed by atoms with Gasteiger partial charge in [-0.25, -0.2) is 4.98 Å². The molecule has 0 saturated heterocycles. The highest BCUT2D eigenvalue weighted by Gasteiger charge is 2.00. The molecule has 1 amide bonds. The number of carbonyl (C=O) groups is 1. The van der Waals surface area contributed by atoms with Crippen LogP contribution in [0, 0.1) is 0 Å². The Kier molecular flexibility index (Phi) is 3.66. The molecule has 0 bridgehead atoms. The number of aromatic nitrogens is 2. The molecule has 1 aromatic rings. The molecular weight excluding hydrogens is 182 g/mol. The fourth-order valence-corrected chi connectivity index (χ4v) is 0.877. The third-order valence-electron chi connectivity index (χ3n) is 1.46. The SMILES string of the molecule is CCNC(=O)CNc1nccc(N)n1. The Bertz CT molecular complexity index is 314. The van der Waals surface area contributed by atoms with E-state index in [1.54, 1.807) is 6.07 Å². The third-order valence-corrected chi connectivity index (χ3v) is 1.46. The molecule has 76 valence electrons. The fraction of sp³-hybridized carbons (Fsp3) is 0.375. The molecule has 0 aromatic carbocycles. The zero-order valence-electron chi connectivity index (χ0n) is 7.95. The Balaban J connectivity index is 2.41. The molecule has 1 rings (SSSR count). The molecule has 0 fully saturated rings. The van der Waals surface area contributed by atoms with E-state index in [2.05, 4.69) is 20.6 Å². The smallest absolute Gasteiger partial charge is 0.239 e. The van der Waals surface area contributed by atoms with Crippen molar-refractivity contribution in [3.63, 3.8) is 0 Å². The lowest BCUT2D eigenvalue weighted by Gasteiger charge is -2.04. The van der Waals surface area contributed by atoms with Crippen LogP contribution in [0.5, 0.6) is 0 Å². The molecule has 0 aliphatic carbocycles. The summed E-state index contributed by atoms with van der Waals surface area (Å²) in [5.74, 6) is 0.633. The van der Waals surface area contributed by atoms with E-state index in [0.717, 1.165) is 0 Å². The van der Waals surface area contributed by atoms with Gasteiger partial charge >= 0.3 is 0 Å². The summed E-state index contributed by atoms with van der Waals surface area (Å²) in [5, 5.41) is 5.40. The first-order chi connectivity index (χ1) is 6.72. The molecule has 14 heavy (non-hydrogen) atoms. The van der Waals surface area contributed by atoms with E-state index >= 15 is 0 Å². The summed E-state index contributed by atoms with van der Waals surface area (Å²) in [6.07, 6.45) is 1.53. The van der Waals surface area contributed by atoms with Crippen molar-refractivity contribution in [2.75, 3.05) is 24.1 Å². The first-order valence-electron chi connectivity index (χ1n) is 4.31. The van der Waals surface area contributed by atoms with E-state index in [-0.39, 0.29) is 12.5 Å². The van der Waals surface area contributed by atoms with Gasteiger partial charge in [0.1, 0.15) is 5.82 Å². The van der Waals surface area contributed by atoms with Crippen molar-refractivity contribution in [3.05, 3.63) is 12.3 Å². The molecule has 0 unspecified atom stereocenters. The van der Waals surface area contributed by atoms with Gasteiger partial charge in [-0.3, -0.25) is 4.79 Å². The van der Waals surface area contributed by atoms with Crippen LogP contribution in [-0.4, -0.2) is 29.0 Å². The lowest BCUT2D eigenvalue weighted by Crippen LogP contribution is -2.29. The molecular formula is C8H13N5O. The minimum Gasteiger partial charge on any atom is -0.384 e. The number of nitrogens with one attached hydrogen (secondary N) is 2. The van der Waals surface area contributed by atoms with Crippen LogP contribution in [-0.2, 0) is 4.79 Å². The van der Waals surface area contributed by atoms with Crippen LogP contribution in [0.4, 0.5) is 11.8 Å². The van der Waals surface area contributed by atoms with Crippen molar-refractivity contribution < 1.29 is 4.79 Å². The molecule has 0 spiro atoms. The van der Waals surface area contributed by atoms with Gasteiger partial charge in [0.05, 0.1) is 6.54 Å². The molecule has 6 heteroatoms. The number of likely N-dealkylation sites (N-methyl/N-ethyl adjacent to an activating group) is 1. The summed E-state index contributed by atoms with van der Waals surface area (Å²) in [5.41, 5.74) is 5.43. The van der Waals surface area contributed by atoms with Crippen LogP contribution in [0.25, 0.3) is 0 Å². The number of hydrogen-bond donors (Lipinski definition) is 3. The van der Waals surface area contributed by atoms with Crippen LogP contribution in [0.3, 0.4) is 0 Å². The summed E-state index contributed by atoms with van der Waals surface area (Å²) in [4.78, 5) is 18.8. The fourth-order valence-electron chi connectivity index (χ4n) is 0.877. The van der Waals surface area contributed by atoms with Gasteiger partial charge in [-0.2, -0.15) is 4.98 Å². The van der Waals surface area contributed by atoms with E-state index in [1.165, 1.54) is 6.20 Å². The average Bonchev–Trinajstić information content (AvgIpc) is 2.15. The predicted octanol–water partition coefficient (Wildman–Crippen LogP) is -0.393. The molecule has 0 atom stereocenters. The minimum absolute atomic E-state index is 0.0986. The number of rotatable bonds is 4. The Morgan fingerprint density at radius 3 is 3.07 bits per heavy atom. The first-order valence-corrected chi connectivity index (χ1v) is 4.31. The highest BCUT2D eigenvalue weighted by Crippen LogP contribution is 1.99. The van der Waals surface area contributed by atoms with Gasteiger partial charge in [-0.15, -0.1) is 0 Å². The molecule has 1 heterocycles. The Morgan fingerprint density at radius 2 is 2.43 bits per heavy atom. The maximum absolute atomic E-state index is 11.0. The Labute approximate surface area is 81.9 Å². The largest absolute Gasteiger partial charge is 0.384 e. The number of nitrogens with zero attached hydrogens (tertiary/aromatic N) is 2. The quantitative estimate of drug-likeness (QED) is 0.608. The standard InChI is InChI=1S/C8H13N5O/c1-2-10-7(14)5-12-8-11-4-3-6(9)13-8/h3-4H,2,5H2,1H3,(H,10,14)(H3,9,11,12,13). The number of nitrogen functional groups attached to an aromatic ring is 1. The molecule has 0 radical (unpaired) electrons. The summed E-state index contributed by atoms with van der Waals surface area (Å²) < 4.78 is 0. The first kappa shape index (κ1) is 10.2. The van der Waals surface area contributed by atoms with Gasteiger partial charge in [-0.1, -0.05) is 0 Å². The van der Waals surface area contributed by atoms with Gasteiger partial charge in [0.25, 0.3) is 0 Å². The molecule has 0 saturated carbocycles. The minimum atomic E-state index is -0.0986. The van der Waals surface area contributed by atoms with Crippen molar-refractivity contribution >= 4 is 17.7 Å². The molecule has 1 aromatic heterocycles. The van der Waals surface area contributed by atoms with Crippen molar-refractivity contribution in [2.45, 2.75) is 6.92 Å². The van der Waals surface area contributed by atoms with E-state index in [9.17, 15) is 4.79 Å². The van der Waals surface area contributed by atoms with Crippen LogP contribution in [0.1, 0.15) is 6.92 Å². The molecule has 0 aliphatic rings. The maximum Gasteiger partial charge on any atom is 0.239 e. The average molecular weight is 195 g/mol. The number of anilines is 2. The summed E-state index contributed by atoms with van der Waals surface area (Å²) in [7, 11) is 0. The zero-order valence-corrected chi connectivity index (χ0v) is 7.95. The van der Waals surface area contributed by atoms with Crippen LogP contribution in [0.15, 0.2) is 12.3 Å². The Hall–Kier alpha value is -1.85. The number of amides is 1. The molecule has 0 aliphatic heterocycles. The van der Waals surface area contributed by atoms with Crippen LogP contribution >= 0.6 is 0 Å². The second-order valence-corrected chi connectivity index (χ2v) is 2.61. The van der Waals surface area contributed by atoms with E-state index in [0.29, 0.717) is 18.3 Å². The van der Waals surface area contributed by atoms with Crippen molar-refractivity contribution in [1.29, 1.82) is 0 Å². The second kappa shape index (κ2) is 5.00. The van der Waals surface area contributed by atoms with Crippen LogP contribution in [0.2, 0.25) is 0 Å². The monoisotopic (exact) mass is 195 g/mol. The Morgan fingerprint density at radius 1 is 1.64 bits per heavy atom. The number of nitrogens with two attached hydrogens (primary N) is 1. The highest BCUT2D eigenvalue weighted by atomic mass is 16.1. The summed E-state index contributed by atoms with van der Waals surface area (Å²) in [6, 6.07) is 1.58. The van der Waals surface area contributed by atoms with Gasteiger partial charge < -0.3 is 16.4 Å². The lowest BCUT2D eigenvalue weighted by molar-refractivity contribution is -0.119. The van der Waals surface area contributed by atoms with Crippen molar-refractivity contribution in [1.82, 2.24) is 15.3 Å². The normalized spacial score (nSPS) is 9.50. The van der Waals surface area contributed by atoms with Crippen molar-refractivity contribution in [2.24, 2.45) is 0 Å². The third kappa shape index (κ3) is 3.26. The highest BCUT2D eigenvalue weighted by molar-refractivity contribution is 5.80. The molecule has 4 N–H and O–H groups in total. The summed E-state index contributed by atoms with van der Waals surface area (Å²) in [6.45, 7) is 2.62. The number of hydrogen-bond acceptors (Lipinski definition) is 5. The van der Waals surface area contributed by atoms with E-state index in [1.807, 2.05) is 6.92 Å². The van der Waals surface area contributed by atoms with E-state index in [4.69, 9.17) is 5.73 Å². The van der Waals surface area contributed by atoms with Crippen LogP contribution < -0.4 is 16.4 Å². The maximum atomic E-state index is 11.0. The predicted molar refractivity (Wildman–Crippen MR) is 53.6 cm³/mol. The number of carbonyl (C=O) groups excluding carboxylic acids is 1. The van der Waals surface area contributed by atoms with E-state index < -0.39 is 0 Å². The van der Waals surface area contributed by atoms with Crippen molar-refractivity contribution in [3.8, 4) is 0 Å². The summed E-state index contributed by atoms with van der Waals surface area (Å²) >= 11 is 0.